The number of carbonyl (C=O) groups excluding carboxylic acids is 2. The maximum atomic E-state index is 12.5. The van der Waals surface area contributed by atoms with Gasteiger partial charge in [0.15, 0.2) is 5.78 Å². The maximum absolute atomic E-state index is 12.5. The lowest BCUT2D eigenvalue weighted by atomic mass is 9.99. The van der Waals surface area contributed by atoms with E-state index in [9.17, 15) is 9.59 Å². The topological polar surface area (TPSA) is 49.4 Å². The zero-order valence-electron chi connectivity index (χ0n) is 17.1. The van der Waals surface area contributed by atoms with Crippen molar-refractivity contribution in [2.24, 2.45) is 0 Å². The van der Waals surface area contributed by atoms with Crippen molar-refractivity contribution in [1.82, 2.24) is 4.90 Å². The minimum absolute atomic E-state index is 0.0323. The van der Waals surface area contributed by atoms with Gasteiger partial charge in [0.2, 0.25) is 5.91 Å². The standard InChI is InChI=1S/C26H23ClN2O2/c27-23-10-6-19(7-11-23)20-14-16-29(17-15-20)18-25(30)28-24-12-8-22(9-13-24)26(31)21-4-2-1-3-5-21/h1-14H,15-18H2,(H,28,30). The summed E-state index contributed by atoms with van der Waals surface area (Å²) in [6.07, 6.45) is 3.06. The van der Waals surface area contributed by atoms with Crippen molar-refractivity contribution in [1.29, 1.82) is 0 Å². The molecule has 0 radical (unpaired) electrons. The van der Waals surface area contributed by atoms with Gasteiger partial charge in [-0.3, -0.25) is 14.5 Å². The first kappa shape index (κ1) is 21.0. The van der Waals surface area contributed by atoms with Gasteiger partial charge in [-0.1, -0.05) is 60.1 Å². The van der Waals surface area contributed by atoms with Crippen LogP contribution in [0, 0.1) is 0 Å². The molecule has 0 saturated carbocycles. The summed E-state index contributed by atoms with van der Waals surface area (Å²) in [5.41, 5.74) is 4.39. The van der Waals surface area contributed by atoms with Gasteiger partial charge >= 0.3 is 0 Å². The van der Waals surface area contributed by atoms with E-state index in [0.29, 0.717) is 23.4 Å². The van der Waals surface area contributed by atoms with Crippen molar-refractivity contribution in [3.8, 4) is 0 Å². The zero-order valence-corrected chi connectivity index (χ0v) is 17.8. The van der Waals surface area contributed by atoms with Crippen molar-refractivity contribution in [3.05, 3.63) is 107 Å². The van der Waals surface area contributed by atoms with Crippen molar-refractivity contribution in [2.45, 2.75) is 6.42 Å². The first-order valence-corrected chi connectivity index (χ1v) is 10.6. The van der Waals surface area contributed by atoms with Crippen LogP contribution in [-0.2, 0) is 4.79 Å². The lowest BCUT2D eigenvalue weighted by Crippen LogP contribution is -2.36. The van der Waals surface area contributed by atoms with Crippen LogP contribution < -0.4 is 5.32 Å². The normalized spacial score (nSPS) is 14.0. The lowest BCUT2D eigenvalue weighted by molar-refractivity contribution is -0.117. The van der Waals surface area contributed by atoms with Crippen molar-refractivity contribution in [3.63, 3.8) is 0 Å². The number of amides is 1. The van der Waals surface area contributed by atoms with Gasteiger partial charge < -0.3 is 5.32 Å². The predicted molar refractivity (Wildman–Crippen MR) is 125 cm³/mol. The molecule has 1 heterocycles. The molecule has 5 heteroatoms. The van der Waals surface area contributed by atoms with Gasteiger partial charge in [-0.05, 0) is 54.0 Å². The smallest absolute Gasteiger partial charge is 0.238 e. The Balaban J connectivity index is 1.30. The van der Waals surface area contributed by atoms with Gasteiger partial charge in [-0.15, -0.1) is 0 Å². The molecule has 1 N–H and O–H groups in total. The number of ketones is 1. The zero-order chi connectivity index (χ0) is 21.6. The van der Waals surface area contributed by atoms with Crippen molar-refractivity contribution >= 4 is 34.6 Å². The summed E-state index contributed by atoms with van der Waals surface area (Å²) in [6.45, 7) is 1.89. The average molecular weight is 431 g/mol. The molecule has 31 heavy (non-hydrogen) atoms. The highest BCUT2D eigenvalue weighted by atomic mass is 35.5. The Morgan fingerprint density at radius 3 is 2.19 bits per heavy atom. The molecular weight excluding hydrogens is 408 g/mol. The van der Waals surface area contributed by atoms with Crippen LogP contribution in [0.4, 0.5) is 5.69 Å². The van der Waals surface area contributed by atoms with Crippen LogP contribution in [0.2, 0.25) is 5.02 Å². The second-order valence-corrected chi connectivity index (χ2v) is 7.98. The SMILES string of the molecule is O=C(CN1CC=C(c2ccc(Cl)cc2)CC1)Nc1ccc(C(=O)c2ccccc2)cc1. The molecule has 4 rings (SSSR count). The summed E-state index contributed by atoms with van der Waals surface area (Å²) in [5.74, 6) is -0.0967. The van der Waals surface area contributed by atoms with Crippen molar-refractivity contribution < 1.29 is 9.59 Å². The van der Waals surface area contributed by atoms with Crippen LogP contribution in [0.3, 0.4) is 0 Å². The Bertz CT molecular complexity index is 1090. The van der Waals surface area contributed by atoms with Gasteiger partial charge in [0.05, 0.1) is 6.54 Å². The fourth-order valence-corrected chi connectivity index (χ4v) is 3.77. The summed E-state index contributed by atoms with van der Waals surface area (Å²) in [7, 11) is 0. The quantitative estimate of drug-likeness (QED) is 0.540. The molecule has 1 aliphatic rings. The molecule has 3 aromatic rings. The third kappa shape index (κ3) is 5.48. The van der Waals surface area contributed by atoms with E-state index >= 15 is 0 Å². The van der Waals surface area contributed by atoms with Crippen LogP contribution in [0.1, 0.15) is 27.9 Å². The van der Waals surface area contributed by atoms with Crippen LogP contribution in [0.5, 0.6) is 0 Å². The molecular formula is C26H23ClN2O2. The summed E-state index contributed by atoms with van der Waals surface area (Å²) in [6, 6.07) is 24.0. The lowest BCUT2D eigenvalue weighted by Gasteiger charge is -2.26. The molecule has 0 aromatic heterocycles. The molecule has 0 fully saturated rings. The summed E-state index contributed by atoms with van der Waals surface area (Å²) < 4.78 is 0. The second-order valence-electron chi connectivity index (χ2n) is 7.54. The molecule has 1 amide bonds. The Kier molecular flexibility index (Phi) is 6.60. The Morgan fingerprint density at radius 2 is 1.55 bits per heavy atom. The number of carbonyl (C=O) groups is 2. The van der Waals surface area contributed by atoms with E-state index in [0.717, 1.165) is 24.5 Å². The van der Waals surface area contributed by atoms with E-state index in [1.54, 1.807) is 36.4 Å². The highest BCUT2D eigenvalue weighted by Gasteiger charge is 2.16. The Hall–Kier alpha value is -3.21. The number of nitrogens with one attached hydrogen (secondary N) is 1. The van der Waals surface area contributed by atoms with Crippen LogP contribution in [-0.4, -0.2) is 36.2 Å². The van der Waals surface area contributed by atoms with E-state index < -0.39 is 0 Å². The number of halogens is 1. The van der Waals surface area contributed by atoms with E-state index in [1.807, 2.05) is 42.5 Å². The monoisotopic (exact) mass is 430 g/mol. The van der Waals surface area contributed by atoms with Crippen LogP contribution in [0.15, 0.2) is 84.9 Å². The molecule has 0 saturated heterocycles. The fraction of sp³-hybridized carbons (Fsp3) is 0.154. The molecule has 0 spiro atoms. The summed E-state index contributed by atoms with van der Waals surface area (Å²) >= 11 is 5.96. The van der Waals surface area contributed by atoms with Crippen LogP contribution in [0.25, 0.3) is 5.57 Å². The number of nitrogens with zero attached hydrogens (tertiary/aromatic N) is 1. The molecule has 156 valence electrons. The largest absolute Gasteiger partial charge is 0.325 e. The Labute approximate surface area is 187 Å². The predicted octanol–water partition coefficient (Wildman–Crippen LogP) is 5.30. The van der Waals surface area contributed by atoms with Gasteiger partial charge in [0, 0.05) is 34.9 Å². The second kappa shape index (κ2) is 9.73. The fourth-order valence-electron chi connectivity index (χ4n) is 3.65. The average Bonchev–Trinajstić information content (AvgIpc) is 2.81. The summed E-state index contributed by atoms with van der Waals surface area (Å²) in [5, 5.41) is 3.65. The molecule has 1 aliphatic heterocycles. The third-order valence-electron chi connectivity index (χ3n) is 5.34. The maximum Gasteiger partial charge on any atom is 0.238 e. The van der Waals surface area contributed by atoms with Gasteiger partial charge in [0.1, 0.15) is 0 Å². The van der Waals surface area contributed by atoms with E-state index in [2.05, 4.69) is 16.3 Å². The molecule has 0 unspecified atom stereocenters. The van der Waals surface area contributed by atoms with Gasteiger partial charge in [-0.2, -0.15) is 0 Å². The molecule has 4 nitrogen and oxygen atoms in total. The first-order chi connectivity index (χ1) is 15.1. The number of hydrogen-bond donors (Lipinski definition) is 1. The number of anilines is 1. The van der Waals surface area contributed by atoms with Gasteiger partial charge in [-0.25, -0.2) is 0 Å². The van der Waals surface area contributed by atoms with Gasteiger partial charge in [0.25, 0.3) is 0 Å². The number of hydrogen-bond acceptors (Lipinski definition) is 3. The van der Waals surface area contributed by atoms with Crippen LogP contribution >= 0.6 is 11.6 Å². The third-order valence-corrected chi connectivity index (χ3v) is 5.59. The molecule has 0 bridgehead atoms. The van der Waals surface area contributed by atoms with E-state index in [1.165, 1.54) is 11.1 Å². The van der Waals surface area contributed by atoms with Crippen molar-refractivity contribution in [2.75, 3.05) is 25.0 Å². The first-order valence-electron chi connectivity index (χ1n) is 10.3. The minimum Gasteiger partial charge on any atom is -0.325 e. The Morgan fingerprint density at radius 1 is 0.871 bits per heavy atom. The highest BCUT2D eigenvalue weighted by Crippen LogP contribution is 2.23. The number of benzene rings is 3. The van der Waals surface area contributed by atoms with E-state index in [4.69, 9.17) is 11.6 Å². The molecule has 0 aliphatic carbocycles. The number of rotatable bonds is 6. The minimum atomic E-state index is -0.0644. The summed E-state index contributed by atoms with van der Waals surface area (Å²) in [4.78, 5) is 27.1. The molecule has 3 aromatic carbocycles. The highest BCUT2D eigenvalue weighted by molar-refractivity contribution is 6.30. The molecule has 0 atom stereocenters. The van der Waals surface area contributed by atoms with E-state index in [-0.39, 0.29) is 11.7 Å².